The van der Waals surface area contributed by atoms with Gasteiger partial charge >= 0.3 is 7.60 Å². The minimum atomic E-state index is -3.69. The van der Waals surface area contributed by atoms with Gasteiger partial charge in [0.15, 0.2) is 17.8 Å². The molecule has 2 heterocycles. The minimum absolute atomic E-state index is 0.206. The van der Waals surface area contributed by atoms with E-state index < -0.39 is 7.60 Å². The first-order chi connectivity index (χ1) is 12.0. The van der Waals surface area contributed by atoms with Crippen molar-refractivity contribution in [2.24, 2.45) is 0 Å². The molecule has 0 radical (unpaired) electrons. The average molecular weight is 375 g/mol. The normalized spacial score (nSPS) is 13.4. The van der Waals surface area contributed by atoms with E-state index in [0.29, 0.717) is 23.5 Å². The molecular weight excluding hydrogens is 353 g/mol. The van der Waals surface area contributed by atoms with Crippen LogP contribution in [0.5, 0.6) is 0 Å². The molecule has 0 aliphatic rings. The van der Waals surface area contributed by atoms with Gasteiger partial charge in [0.2, 0.25) is 0 Å². The van der Waals surface area contributed by atoms with Crippen LogP contribution in [0, 0.1) is 0 Å². The van der Waals surface area contributed by atoms with E-state index in [2.05, 4.69) is 15.0 Å². The van der Waals surface area contributed by atoms with Gasteiger partial charge < -0.3 is 15.0 Å². The third-order valence-electron chi connectivity index (χ3n) is 2.97. The molecule has 0 aliphatic carbocycles. The van der Waals surface area contributed by atoms with Gasteiger partial charge in [-0.05, 0) is 20.8 Å². The molecule has 0 spiro atoms. The second-order valence-corrected chi connectivity index (χ2v) is 6.79. The summed E-state index contributed by atoms with van der Waals surface area (Å²) in [5.74, 6) is 0.303. The van der Waals surface area contributed by atoms with Gasteiger partial charge in [-0.15, -0.1) is 9.35 Å². The molecule has 2 rings (SSSR count). The van der Waals surface area contributed by atoms with E-state index in [0.717, 1.165) is 0 Å². The van der Waals surface area contributed by atoms with Gasteiger partial charge in [0.25, 0.3) is 0 Å². The SMILES string of the molecule is CCOOP(=O)(CO[C@H](C)Cn1cnc2c(N)ncnc21)OOCC. The molecule has 25 heavy (non-hydrogen) atoms. The average Bonchev–Trinajstić information content (AvgIpc) is 3.01. The van der Waals surface area contributed by atoms with Crippen molar-refractivity contribution < 1.29 is 28.4 Å². The van der Waals surface area contributed by atoms with Crippen LogP contribution >= 0.6 is 7.60 Å². The summed E-state index contributed by atoms with van der Waals surface area (Å²) in [6.07, 6.45) is 2.26. The number of hydrogen-bond donors (Lipinski definition) is 1. The summed E-state index contributed by atoms with van der Waals surface area (Å²) in [7, 11) is -3.69. The van der Waals surface area contributed by atoms with Crippen molar-refractivity contribution in [2.75, 3.05) is 25.3 Å². The van der Waals surface area contributed by atoms with E-state index in [1.54, 1.807) is 31.7 Å². The molecule has 0 aromatic carbocycles. The van der Waals surface area contributed by atoms with E-state index in [4.69, 9.17) is 29.6 Å². The predicted molar refractivity (Wildman–Crippen MR) is 88.2 cm³/mol. The van der Waals surface area contributed by atoms with E-state index >= 15 is 0 Å². The molecule has 0 fully saturated rings. The largest absolute Gasteiger partial charge is 0.409 e. The maximum Gasteiger partial charge on any atom is 0.409 e. The first-order valence-corrected chi connectivity index (χ1v) is 9.46. The lowest BCUT2D eigenvalue weighted by atomic mass is 10.4. The highest BCUT2D eigenvalue weighted by Gasteiger charge is 2.29. The summed E-state index contributed by atoms with van der Waals surface area (Å²) in [5.41, 5.74) is 6.85. The number of nitrogen functional groups attached to an aromatic ring is 1. The molecule has 2 N–H and O–H groups in total. The zero-order valence-corrected chi connectivity index (χ0v) is 15.2. The molecular formula is C13H22N5O6P. The van der Waals surface area contributed by atoms with Gasteiger partial charge in [0, 0.05) is 0 Å². The quantitative estimate of drug-likeness (QED) is 0.352. The van der Waals surface area contributed by atoms with E-state index in [1.165, 1.54) is 6.33 Å². The Kier molecular flexibility index (Phi) is 7.24. The fourth-order valence-electron chi connectivity index (χ4n) is 1.90. The van der Waals surface area contributed by atoms with Gasteiger partial charge in [-0.3, -0.25) is 4.57 Å². The molecule has 0 saturated carbocycles. The maximum absolute atomic E-state index is 12.4. The Bertz CT molecular complexity index is 714. The zero-order chi connectivity index (χ0) is 18.3. The van der Waals surface area contributed by atoms with Crippen molar-refractivity contribution in [1.82, 2.24) is 19.5 Å². The molecule has 0 aliphatic heterocycles. The van der Waals surface area contributed by atoms with E-state index in [9.17, 15) is 4.57 Å². The summed E-state index contributed by atoms with van der Waals surface area (Å²) in [6.45, 7) is 5.98. The van der Waals surface area contributed by atoms with Gasteiger partial charge in [-0.1, -0.05) is 0 Å². The second-order valence-electron chi connectivity index (χ2n) is 5.01. The number of hydrogen-bond acceptors (Lipinski definition) is 10. The molecule has 0 amide bonds. The number of ether oxygens (including phenoxy) is 1. The standard InChI is InChI=1S/C13H22N5O6P/c1-4-21-23-25(19,24-22-5-2)9-20-10(3)6-18-8-17-11-12(14)15-7-16-13(11)18/h7-8,10H,4-6,9H2,1-3H3,(H2,14,15,16)/t10-/m1/s1. The highest BCUT2D eigenvalue weighted by atomic mass is 31.2. The Morgan fingerprint density at radius 3 is 2.52 bits per heavy atom. The third kappa shape index (κ3) is 5.43. The Morgan fingerprint density at radius 1 is 1.20 bits per heavy atom. The summed E-state index contributed by atoms with van der Waals surface area (Å²) in [6, 6.07) is 0. The van der Waals surface area contributed by atoms with Gasteiger partial charge in [0.1, 0.15) is 11.8 Å². The molecule has 0 saturated heterocycles. The number of nitrogens with two attached hydrogens (primary N) is 1. The first-order valence-electron chi connectivity index (χ1n) is 7.73. The van der Waals surface area contributed by atoms with Gasteiger partial charge in [-0.2, -0.15) is 0 Å². The van der Waals surface area contributed by atoms with Crippen LogP contribution in [-0.2, 0) is 35.0 Å². The topological polar surface area (TPSA) is 133 Å². The van der Waals surface area contributed by atoms with Crippen molar-refractivity contribution in [2.45, 2.75) is 33.4 Å². The van der Waals surface area contributed by atoms with Crippen molar-refractivity contribution in [3.05, 3.63) is 12.7 Å². The smallest absolute Gasteiger partial charge is 0.382 e. The molecule has 1 atom stereocenters. The van der Waals surface area contributed by atoms with E-state index in [1.807, 2.05) is 0 Å². The van der Waals surface area contributed by atoms with Crippen LogP contribution in [0.3, 0.4) is 0 Å². The first kappa shape index (κ1) is 19.7. The molecule has 2 aromatic rings. The number of imidazole rings is 1. The van der Waals surface area contributed by atoms with Crippen LogP contribution in [0.1, 0.15) is 20.8 Å². The fourth-order valence-corrected chi connectivity index (χ4v) is 2.98. The maximum atomic E-state index is 12.4. The fraction of sp³-hybridized carbons (Fsp3) is 0.615. The van der Waals surface area contributed by atoms with Gasteiger partial charge in [0.05, 0.1) is 32.2 Å². The Labute approximate surface area is 144 Å². The lowest BCUT2D eigenvalue weighted by Gasteiger charge is -2.19. The van der Waals surface area contributed by atoms with Crippen LogP contribution in [0.4, 0.5) is 5.82 Å². The molecule has 12 heteroatoms. The summed E-state index contributed by atoms with van der Waals surface area (Å²) >= 11 is 0. The third-order valence-corrected chi connectivity index (χ3v) is 4.10. The van der Waals surface area contributed by atoms with Crippen LogP contribution < -0.4 is 5.73 Å². The van der Waals surface area contributed by atoms with Crippen LogP contribution in [0.2, 0.25) is 0 Å². The lowest BCUT2D eigenvalue weighted by Crippen LogP contribution is -2.18. The van der Waals surface area contributed by atoms with Crippen molar-refractivity contribution >= 4 is 24.6 Å². The van der Waals surface area contributed by atoms with Crippen LogP contribution in [-0.4, -0.2) is 45.2 Å². The van der Waals surface area contributed by atoms with Crippen LogP contribution in [0.25, 0.3) is 11.2 Å². The summed E-state index contributed by atoms with van der Waals surface area (Å²) in [4.78, 5) is 21.6. The van der Waals surface area contributed by atoms with Crippen molar-refractivity contribution in [1.29, 1.82) is 0 Å². The lowest BCUT2D eigenvalue weighted by molar-refractivity contribution is -0.266. The Balaban J connectivity index is 1.96. The number of nitrogens with zero attached hydrogens (tertiary/aromatic N) is 4. The number of aromatic nitrogens is 4. The monoisotopic (exact) mass is 375 g/mol. The summed E-state index contributed by atoms with van der Waals surface area (Å²) in [5, 5.41) is 0. The minimum Gasteiger partial charge on any atom is -0.382 e. The second kappa shape index (κ2) is 9.18. The van der Waals surface area contributed by atoms with Crippen molar-refractivity contribution in [3.63, 3.8) is 0 Å². The molecule has 11 nitrogen and oxygen atoms in total. The highest BCUT2D eigenvalue weighted by Crippen LogP contribution is 2.48. The highest BCUT2D eigenvalue weighted by molar-refractivity contribution is 7.53. The molecule has 140 valence electrons. The Hall–Kier alpha value is -1.62. The number of rotatable bonds is 11. The zero-order valence-electron chi connectivity index (χ0n) is 14.3. The summed E-state index contributed by atoms with van der Waals surface area (Å²) < 4.78 is 29.3. The molecule has 0 bridgehead atoms. The van der Waals surface area contributed by atoms with E-state index in [-0.39, 0.29) is 25.7 Å². The molecule has 2 aromatic heterocycles. The predicted octanol–water partition coefficient (Wildman–Crippen LogP) is 1.90. The Morgan fingerprint density at radius 2 is 1.88 bits per heavy atom. The molecule has 0 unspecified atom stereocenters. The number of anilines is 1. The van der Waals surface area contributed by atoms with Crippen LogP contribution in [0.15, 0.2) is 12.7 Å². The van der Waals surface area contributed by atoms with Gasteiger partial charge in [-0.25, -0.2) is 24.7 Å². The number of fused-ring (bicyclic) bond motifs is 1. The van der Waals surface area contributed by atoms with Crippen molar-refractivity contribution in [3.8, 4) is 0 Å².